The van der Waals surface area contributed by atoms with Gasteiger partial charge in [-0.05, 0) is 87.0 Å². The van der Waals surface area contributed by atoms with Gasteiger partial charge in [0.1, 0.15) is 22.7 Å². The number of aromatic amines is 1. The van der Waals surface area contributed by atoms with E-state index in [-0.39, 0.29) is 17.9 Å². The predicted molar refractivity (Wildman–Crippen MR) is 168 cm³/mol. The molecule has 44 heavy (non-hydrogen) atoms. The molecular weight excluding hydrogens is 556 g/mol. The number of hydrogen-bond acceptors (Lipinski definition) is 8. The lowest BCUT2D eigenvalue weighted by atomic mass is 10.1. The Morgan fingerprint density at radius 3 is 2.68 bits per heavy atom. The number of aromatic nitrogens is 4. The van der Waals surface area contributed by atoms with Gasteiger partial charge in [0.25, 0.3) is 5.91 Å². The van der Waals surface area contributed by atoms with Gasteiger partial charge in [-0.1, -0.05) is 6.08 Å². The zero-order valence-corrected chi connectivity index (χ0v) is 24.7. The number of fused-ring (bicyclic) bond motifs is 1. The highest BCUT2D eigenvalue weighted by Crippen LogP contribution is 2.40. The Morgan fingerprint density at radius 2 is 1.89 bits per heavy atom. The average Bonchev–Trinajstić information content (AvgIpc) is 3.97. The summed E-state index contributed by atoms with van der Waals surface area (Å²) in [6.45, 7) is 2.07. The molecule has 11 nitrogen and oxygen atoms in total. The van der Waals surface area contributed by atoms with E-state index < -0.39 is 0 Å². The molecule has 1 aliphatic heterocycles. The largest absolute Gasteiger partial charge is 0.456 e. The molecule has 1 atom stereocenters. The number of benzene rings is 1. The fourth-order valence-corrected chi connectivity index (χ4v) is 5.65. The molecule has 0 bridgehead atoms. The van der Waals surface area contributed by atoms with Gasteiger partial charge in [0.05, 0.1) is 0 Å². The number of nitrogens with one attached hydrogen (secondary N) is 3. The molecule has 3 fully saturated rings. The van der Waals surface area contributed by atoms with Gasteiger partial charge in [0.15, 0.2) is 11.5 Å². The third-order valence-electron chi connectivity index (χ3n) is 8.51. The molecule has 4 aromatic rings. The third kappa shape index (κ3) is 6.42. The van der Waals surface area contributed by atoms with Crippen molar-refractivity contribution in [1.82, 2.24) is 30.0 Å². The molecule has 0 radical (unpaired) electrons. The molecule has 1 saturated heterocycles. The highest BCUT2D eigenvalue weighted by Gasteiger charge is 2.28. The molecular formula is C33H36N8O3. The Morgan fingerprint density at radius 1 is 1.07 bits per heavy atom. The van der Waals surface area contributed by atoms with Crippen molar-refractivity contribution in [3.8, 4) is 11.5 Å². The lowest BCUT2D eigenvalue weighted by molar-refractivity contribution is -0.125. The van der Waals surface area contributed by atoms with Crippen LogP contribution in [0.1, 0.15) is 53.9 Å². The number of hydrogen-bond donors (Lipinski definition) is 3. The molecule has 11 heteroatoms. The van der Waals surface area contributed by atoms with E-state index in [1.807, 2.05) is 23.1 Å². The first-order valence-electron chi connectivity index (χ1n) is 15.3. The van der Waals surface area contributed by atoms with E-state index in [2.05, 4.69) is 42.7 Å². The maximum atomic E-state index is 12.8. The van der Waals surface area contributed by atoms with Crippen LogP contribution in [0.5, 0.6) is 11.5 Å². The van der Waals surface area contributed by atoms with E-state index in [1.165, 1.54) is 31.2 Å². The van der Waals surface area contributed by atoms with E-state index >= 15 is 0 Å². The van der Waals surface area contributed by atoms with Crippen LogP contribution in [0.2, 0.25) is 0 Å². The Labute approximate surface area is 255 Å². The normalized spacial score (nSPS) is 18.3. The van der Waals surface area contributed by atoms with Gasteiger partial charge in [-0.25, -0.2) is 9.97 Å². The summed E-state index contributed by atoms with van der Waals surface area (Å²) in [5, 5.41) is 14.5. The summed E-state index contributed by atoms with van der Waals surface area (Å²) in [4.78, 5) is 38.4. The van der Waals surface area contributed by atoms with Gasteiger partial charge >= 0.3 is 0 Å². The maximum Gasteiger partial charge on any atom is 0.256 e. The van der Waals surface area contributed by atoms with Crippen LogP contribution in [0.15, 0.2) is 67.0 Å². The van der Waals surface area contributed by atoms with Crippen LogP contribution < -0.4 is 15.4 Å². The van der Waals surface area contributed by atoms with Crippen LogP contribution in [0, 0.1) is 0 Å². The molecule has 3 aromatic heterocycles. The van der Waals surface area contributed by atoms with Crippen LogP contribution in [-0.4, -0.2) is 80.5 Å². The number of likely N-dealkylation sites (tertiary alicyclic amines) is 1. The van der Waals surface area contributed by atoms with Crippen molar-refractivity contribution < 1.29 is 14.3 Å². The Bertz CT molecular complexity index is 1690. The quantitative estimate of drug-likeness (QED) is 0.209. The number of carbonyl (C=O) groups is 2. The average molecular weight is 593 g/mol. The Hall–Kier alpha value is -4.77. The molecule has 3 aliphatic rings. The van der Waals surface area contributed by atoms with Gasteiger partial charge < -0.3 is 20.3 Å². The second kappa shape index (κ2) is 12.1. The molecule has 1 unspecified atom stereocenters. The van der Waals surface area contributed by atoms with Gasteiger partial charge in [0.2, 0.25) is 5.91 Å². The first kappa shape index (κ1) is 28.0. The molecule has 3 N–H and O–H groups in total. The third-order valence-corrected chi connectivity index (χ3v) is 8.51. The highest BCUT2D eigenvalue weighted by molar-refractivity contribution is 6.03. The maximum absolute atomic E-state index is 12.8. The van der Waals surface area contributed by atoms with Crippen molar-refractivity contribution in [3.63, 3.8) is 0 Å². The first-order valence-corrected chi connectivity index (χ1v) is 15.3. The second-order valence-corrected chi connectivity index (χ2v) is 11.9. The first-order chi connectivity index (χ1) is 21.5. The van der Waals surface area contributed by atoms with Crippen molar-refractivity contribution in [2.24, 2.45) is 0 Å². The van der Waals surface area contributed by atoms with E-state index in [0.29, 0.717) is 59.4 Å². The van der Waals surface area contributed by atoms with Gasteiger partial charge in [-0.2, -0.15) is 5.10 Å². The molecule has 226 valence electrons. The molecule has 0 spiro atoms. The number of likely N-dealkylation sites (N-methyl/N-ethyl adjacent to an activating group) is 1. The smallest absolute Gasteiger partial charge is 0.256 e. The summed E-state index contributed by atoms with van der Waals surface area (Å²) >= 11 is 0. The number of nitrogens with zero attached hydrogens (tertiary/aromatic N) is 5. The monoisotopic (exact) mass is 592 g/mol. The van der Waals surface area contributed by atoms with Gasteiger partial charge in [0, 0.05) is 61.8 Å². The molecule has 2 saturated carbocycles. The standard InChI is InChI=1S/C33H36N8O3/c1-40(25-8-9-25)17-2-3-29(42)41-18-14-24(20-41)36-32-30-27(13-16-35-31(30)38-39-32)44-26-10-6-22(7-11-26)33(43)37-28-19-23(12-15-34-28)21-4-5-21/h2-3,6-7,10-13,15-16,19,21,24-25H,4-5,8-9,14,17-18,20H2,1H3,(H,34,37,43)(H2,35,36,38,39). The number of rotatable bonds is 11. The summed E-state index contributed by atoms with van der Waals surface area (Å²) in [5.41, 5.74) is 2.32. The van der Waals surface area contributed by atoms with E-state index in [1.54, 1.807) is 48.8 Å². The predicted octanol–water partition coefficient (Wildman–Crippen LogP) is 4.94. The minimum Gasteiger partial charge on any atom is -0.456 e. The molecule has 2 amide bonds. The van der Waals surface area contributed by atoms with E-state index in [4.69, 9.17) is 4.74 Å². The second-order valence-electron chi connectivity index (χ2n) is 11.9. The fraction of sp³-hybridized carbons (Fsp3) is 0.364. The summed E-state index contributed by atoms with van der Waals surface area (Å²) in [7, 11) is 2.10. The van der Waals surface area contributed by atoms with Crippen molar-refractivity contribution in [2.75, 3.05) is 37.3 Å². The van der Waals surface area contributed by atoms with Crippen molar-refractivity contribution >= 4 is 34.5 Å². The number of anilines is 2. The molecule has 1 aromatic carbocycles. The summed E-state index contributed by atoms with van der Waals surface area (Å²) in [6.07, 6.45) is 12.8. The summed E-state index contributed by atoms with van der Waals surface area (Å²) in [5.74, 6) is 2.74. The zero-order chi connectivity index (χ0) is 30.0. The van der Waals surface area contributed by atoms with E-state index in [0.717, 1.165) is 18.4 Å². The lowest BCUT2D eigenvalue weighted by Crippen LogP contribution is -2.30. The van der Waals surface area contributed by atoms with Crippen molar-refractivity contribution in [1.29, 1.82) is 0 Å². The summed E-state index contributed by atoms with van der Waals surface area (Å²) in [6, 6.07) is 13.5. The molecule has 7 rings (SSSR count). The van der Waals surface area contributed by atoms with Crippen LogP contribution in [-0.2, 0) is 4.79 Å². The highest BCUT2D eigenvalue weighted by atomic mass is 16.5. The SMILES string of the molecule is CN(CC=CC(=O)N1CCC(Nc2n[nH]c3nccc(Oc4ccc(C(=O)Nc5cc(C6CC6)ccn5)cc4)c23)C1)C1CC1. The van der Waals surface area contributed by atoms with Crippen LogP contribution in [0.4, 0.5) is 11.6 Å². The Balaban J connectivity index is 0.977. The molecule has 4 heterocycles. The minimum atomic E-state index is -0.227. The zero-order valence-electron chi connectivity index (χ0n) is 24.7. The minimum absolute atomic E-state index is 0.0382. The number of carbonyl (C=O) groups excluding carboxylic acids is 2. The Kier molecular flexibility index (Phi) is 7.69. The number of pyridine rings is 2. The molecule has 2 aliphatic carbocycles. The van der Waals surface area contributed by atoms with Crippen molar-refractivity contribution in [2.45, 2.75) is 50.1 Å². The van der Waals surface area contributed by atoms with Crippen LogP contribution in [0.25, 0.3) is 11.0 Å². The van der Waals surface area contributed by atoms with Crippen LogP contribution >= 0.6 is 0 Å². The van der Waals surface area contributed by atoms with Gasteiger partial charge in [-0.15, -0.1) is 0 Å². The van der Waals surface area contributed by atoms with Crippen LogP contribution in [0.3, 0.4) is 0 Å². The fourth-order valence-electron chi connectivity index (χ4n) is 5.65. The lowest BCUT2D eigenvalue weighted by Gasteiger charge is -2.16. The van der Waals surface area contributed by atoms with E-state index in [9.17, 15) is 9.59 Å². The topological polar surface area (TPSA) is 128 Å². The number of H-pyrrole nitrogens is 1. The van der Waals surface area contributed by atoms with Gasteiger partial charge in [-0.3, -0.25) is 19.6 Å². The number of amides is 2. The van der Waals surface area contributed by atoms with Crippen molar-refractivity contribution in [3.05, 3.63) is 78.1 Å². The number of ether oxygens (including phenoxy) is 1. The summed E-state index contributed by atoms with van der Waals surface area (Å²) < 4.78 is 6.24.